The van der Waals surface area contributed by atoms with Crippen molar-refractivity contribution in [3.05, 3.63) is 0 Å². The Morgan fingerprint density at radius 1 is 0.700 bits per heavy atom. The molecule has 0 heterocycles. The number of aliphatic hydroxyl groups is 2. The second kappa shape index (κ2) is 28.4. The number of aliphatic hydroxyl groups excluding tert-OH is 2. The first kappa shape index (κ1) is 31.5. The first-order chi connectivity index (χ1) is 14.6. The summed E-state index contributed by atoms with van der Waals surface area (Å²) in [4.78, 5) is 10.2. The Kier molecular flexibility index (Phi) is 29.8. The number of hydrogen-bond acceptors (Lipinski definition) is 4. The van der Waals surface area contributed by atoms with E-state index in [1.54, 1.807) is 0 Å². The Morgan fingerprint density at radius 3 is 1.50 bits per heavy atom. The van der Waals surface area contributed by atoms with Crippen molar-refractivity contribution < 1.29 is 24.9 Å². The van der Waals surface area contributed by atoms with Gasteiger partial charge in [0.25, 0.3) is 0 Å². The maximum atomic E-state index is 10.2. The van der Waals surface area contributed by atoms with Crippen LogP contribution in [0.5, 0.6) is 0 Å². The first-order valence-corrected chi connectivity index (χ1v) is 12.7. The van der Waals surface area contributed by atoms with E-state index in [1.807, 2.05) is 0 Å². The standard InChI is InChI=1S/C13H28O3.C12H24O2/c1-2-3-4-5-6-7-8-9-10-16-12-13(15)11-14;1-2-3-4-5-6-7-8-9-10-11-12(13)14/h13-15H,2-12H2,1H3;2-11H2,1H3,(H,13,14). The monoisotopic (exact) mass is 432 g/mol. The molecule has 1 unspecified atom stereocenters. The Hall–Kier alpha value is -0.650. The van der Waals surface area contributed by atoms with Gasteiger partial charge in [-0.3, -0.25) is 4.79 Å². The minimum Gasteiger partial charge on any atom is -0.481 e. The van der Waals surface area contributed by atoms with Crippen LogP contribution in [0.3, 0.4) is 0 Å². The lowest BCUT2D eigenvalue weighted by Gasteiger charge is -2.07. The van der Waals surface area contributed by atoms with Crippen LogP contribution in [0.2, 0.25) is 0 Å². The fourth-order valence-electron chi connectivity index (χ4n) is 3.20. The number of ether oxygens (including phenoxy) is 1. The van der Waals surface area contributed by atoms with E-state index in [0.717, 1.165) is 19.3 Å². The van der Waals surface area contributed by atoms with E-state index in [9.17, 15) is 4.79 Å². The number of carboxylic acids is 1. The number of aliphatic carboxylic acids is 1. The smallest absolute Gasteiger partial charge is 0.303 e. The number of carboxylic acid groups (broad SMARTS) is 1. The van der Waals surface area contributed by atoms with Gasteiger partial charge in [-0.1, -0.05) is 110 Å². The van der Waals surface area contributed by atoms with Crippen LogP contribution in [0.1, 0.15) is 129 Å². The zero-order valence-corrected chi connectivity index (χ0v) is 20.1. The third-order valence-electron chi connectivity index (χ3n) is 5.16. The summed E-state index contributed by atoms with van der Waals surface area (Å²) in [6.45, 7) is 5.21. The predicted molar refractivity (Wildman–Crippen MR) is 126 cm³/mol. The topological polar surface area (TPSA) is 87.0 Å². The average molecular weight is 433 g/mol. The van der Waals surface area contributed by atoms with Gasteiger partial charge in [0.2, 0.25) is 0 Å². The molecule has 0 radical (unpaired) electrons. The second-order valence-electron chi connectivity index (χ2n) is 8.36. The number of carbonyl (C=O) groups is 1. The minimum atomic E-state index is -0.714. The molecule has 3 N–H and O–H groups in total. The van der Waals surface area contributed by atoms with Crippen LogP contribution in [-0.2, 0) is 9.53 Å². The maximum absolute atomic E-state index is 10.2. The lowest BCUT2D eigenvalue weighted by molar-refractivity contribution is -0.137. The van der Waals surface area contributed by atoms with Crippen molar-refractivity contribution in [2.45, 2.75) is 136 Å². The molecule has 1 atom stereocenters. The summed E-state index contributed by atoms with van der Waals surface area (Å²) in [6.07, 6.45) is 21.1. The Balaban J connectivity index is 0. The molecule has 0 rings (SSSR count). The molecule has 0 aromatic rings. The molecule has 0 saturated carbocycles. The molecule has 0 spiro atoms. The normalized spacial score (nSPS) is 11.7. The molecule has 0 aromatic heterocycles. The van der Waals surface area contributed by atoms with E-state index < -0.39 is 12.1 Å². The van der Waals surface area contributed by atoms with Crippen LogP contribution < -0.4 is 0 Å². The van der Waals surface area contributed by atoms with Crippen molar-refractivity contribution in [3.63, 3.8) is 0 Å². The highest BCUT2D eigenvalue weighted by Crippen LogP contribution is 2.10. The summed E-state index contributed by atoms with van der Waals surface area (Å²) in [5, 5.41) is 26.0. The Bertz CT molecular complexity index is 323. The van der Waals surface area contributed by atoms with E-state index in [1.165, 1.54) is 89.9 Å². The van der Waals surface area contributed by atoms with Crippen molar-refractivity contribution in [2.24, 2.45) is 0 Å². The highest BCUT2D eigenvalue weighted by Gasteiger charge is 2.00. The number of unbranched alkanes of at least 4 members (excludes halogenated alkanes) is 15. The second-order valence-corrected chi connectivity index (χ2v) is 8.36. The van der Waals surface area contributed by atoms with Crippen LogP contribution in [0.4, 0.5) is 0 Å². The third-order valence-corrected chi connectivity index (χ3v) is 5.16. The molecule has 30 heavy (non-hydrogen) atoms. The molecule has 5 heteroatoms. The molecule has 5 nitrogen and oxygen atoms in total. The summed E-state index contributed by atoms with van der Waals surface area (Å²) in [5.74, 6) is -0.659. The first-order valence-electron chi connectivity index (χ1n) is 12.7. The van der Waals surface area contributed by atoms with Crippen molar-refractivity contribution in [1.82, 2.24) is 0 Å². The van der Waals surface area contributed by atoms with Gasteiger partial charge < -0.3 is 20.1 Å². The van der Waals surface area contributed by atoms with Gasteiger partial charge in [-0.25, -0.2) is 0 Å². The van der Waals surface area contributed by atoms with Gasteiger partial charge in [0.05, 0.1) is 13.2 Å². The SMILES string of the molecule is CCCCCCCCCCCC(=O)O.CCCCCCCCCCOCC(O)CO. The van der Waals surface area contributed by atoms with Crippen molar-refractivity contribution >= 4 is 5.97 Å². The average Bonchev–Trinajstić information content (AvgIpc) is 2.74. The Labute approximate surface area is 186 Å². The zero-order chi connectivity index (χ0) is 22.7. The highest BCUT2D eigenvalue weighted by molar-refractivity contribution is 5.66. The van der Waals surface area contributed by atoms with Gasteiger partial charge in [0.15, 0.2) is 0 Å². The van der Waals surface area contributed by atoms with Gasteiger partial charge in [-0.15, -0.1) is 0 Å². The summed E-state index contributed by atoms with van der Waals surface area (Å²) in [7, 11) is 0. The molecule has 0 aliphatic heterocycles. The number of rotatable bonds is 22. The van der Waals surface area contributed by atoms with E-state index >= 15 is 0 Å². The zero-order valence-electron chi connectivity index (χ0n) is 20.1. The summed E-state index contributed by atoms with van der Waals surface area (Å²) in [5.41, 5.74) is 0. The van der Waals surface area contributed by atoms with Gasteiger partial charge in [-0.05, 0) is 12.8 Å². The van der Waals surface area contributed by atoms with Crippen molar-refractivity contribution in [3.8, 4) is 0 Å². The molecule has 0 saturated heterocycles. The molecule has 182 valence electrons. The van der Waals surface area contributed by atoms with Gasteiger partial charge >= 0.3 is 5.97 Å². The Morgan fingerprint density at radius 2 is 1.10 bits per heavy atom. The maximum Gasteiger partial charge on any atom is 0.303 e. The van der Waals surface area contributed by atoms with Crippen molar-refractivity contribution in [2.75, 3.05) is 19.8 Å². The molecule has 0 aliphatic carbocycles. The van der Waals surface area contributed by atoms with E-state index in [4.69, 9.17) is 20.1 Å². The fourth-order valence-corrected chi connectivity index (χ4v) is 3.20. The quantitative estimate of drug-likeness (QED) is 0.170. The molecular weight excluding hydrogens is 380 g/mol. The number of hydrogen-bond donors (Lipinski definition) is 3. The van der Waals surface area contributed by atoms with Crippen LogP contribution in [0.15, 0.2) is 0 Å². The van der Waals surface area contributed by atoms with Crippen molar-refractivity contribution in [1.29, 1.82) is 0 Å². The lowest BCUT2D eigenvalue weighted by Crippen LogP contribution is -2.19. The largest absolute Gasteiger partial charge is 0.481 e. The van der Waals surface area contributed by atoms with Gasteiger partial charge in [-0.2, -0.15) is 0 Å². The minimum absolute atomic E-state index is 0.211. The van der Waals surface area contributed by atoms with E-state index in [2.05, 4.69) is 13.8 Å². The molecule has 0 aromatic carbocycles. The van der Waals surface area contributed by atoms with Gasteiger partial charge in [0.1, 0.15) is 6.10 Å². The molecule has 0 fully saturated rings. The lowest BCUT2D eigenvalue weighted by atomic mass is 10.1. The highest BCUT2D eigenvalue weighted by atomic mass is 16.5. The summed E-state index contributed by atoms with van der Waals surface area (Å²) in [6, 6.07) is 0. The fraction of sp³-hybridized carbons (Fsp3) is 0.960. The van der Waals surface area contributed by atoms with Crippen LogP contribution in [0.25, 0.3) is 0 Å². The van der Waals surface area contributed by atoms with Gasteiger partial charge in [0, 0.05) is 13.0 Å². The summed E-state index contributed by atoms with van der Waals surface area (Å²) < 4.78 is 5.22. The predicted octanol–water partition coefficient (Wildman–Crippen LogP) is 6.49. The summed E-state index contributed by atoms with van der Waals surface area (Å²) >= 11 is 0. The van der Waals surface area contributed by atoms with Crippen LogP contribution >= 0.6 is 0 Å². The molecule has 0 aliphatic rings. The van der Waals surface area contributed by atoms with Crippen LogP contribution in [0, 0.1) is 0 Å². The molecule has 0 amide bonds. The van der Waals surface area contributed by atoms with E-state index in [0.29, 0.717) is 13.0 Å². The molecule has 0 bridgehead atoms. The van der Waals surface area contributed by atoms with Crippen LogP contribution in [-0.4, -0.2) is 47.2 Å². The third kappa shape index (κ3) is 32.0. The van der Waals surface area contributed by atoms with E-state index in [-0.39, 0.29) is 13.2 Å². The molecular formula is C25H52O5.